The van der Waals surface area contributed by atoms with Gasteiger partial charge in [-0.3, -0.25) is 4.79 Å². The number of nitrogens with one attached hydrogen (secondary N) is 1. The number of hydrogen-bond acceptors (Lipinski definition) is 2. The molecule has 1 fully saturated rings. The number of rotatable bonds is 5. The van der Waals surface area contributed by atoms with E-state index in [1.54, 1.807) is 6.92 Å². The number of hydrogen-bond donors (Lipinski definition) is 2. The van der Waals surface area contributed by atoms with Crippen LogP contribution in [0.25, 0.3) is 0 Å². The summed E-state index contributed by atoms with van der Waals surface area (Å²) in [6, 6.07) is 0.444. The lowest BCUT2D eigenvalue weighted by Crippen LogP contribution is -2.28. The molecule has 1 rings (SSSR count). The van der Waals surface area contributed by atoms with Crippen molar-refractivity contribution < 1.29 is 4.79 Å². The van der Waals surface area contributed by atoms with Gasteiger partial charge in [0, 0.05) is 19.5 Å². The Morgan fingerprint density at radius 3 is 2.87 bits per heavy atom. The molecule has 0 aromatic heterocycles. The zero-order valence-electron chi connectivity index (χ0n) is 9.80. The third kappa shape index (κ3) is 5.78. The van der Waals surface area contributed by atoms with Gasteiger partial charge in [0.15, 0.2) is 0 Å². The third-order valence-corrected chi connectivity index (χ3v) is 3.24. The van der Waals surface area contributed by atoms with Crippen LogP contribution < -0.4 is 11.1 Å². The molecule has 0 heterocycles. The van der Waals surface area contributed by atoms with Crippen molar-refractivity contribution in [3.8, 4) is 0 Å². The predicted molar refractivity (Wildman–Crippen MR) is 62.5 cm³/mol. The summed E-state index contributed by atoms with van der Waals surface area (Å²) in [5.74, 6) is 0.917. The van der Waals surface area contributed by atoms with Crippen LogP contribution in [0.1, 0.15) is 51.9 Å². The predicted octanol–water partition coefficient (Wildman–Crippen LogP) is 1.81. The Labute approximate surface area is 92.8 Å². The Bertz CT molecular complexity index is 194. The standard InChI is InChI=1S/C12H24N2O/c1-10(15)14-8-3-2-5-11-6-4-7-12(13)9-11/h11-12H,2-9,13H2,1H3,(H,14,15). The average molecular weight is 212 g/mol. The molecule has 0 bridgehead atoms. The Morgan fingerprint density at radius 2 is 2.20 bits per heavy atom. The van der Waals surface area contributed by atoms with E-state index < -0.39 is 0 Å². The number of unbranched alkanes of at least 4 members (excludes halogenated alkanes) is 1. The first kappa shape index (κ1) is 12.5. The number of amides is 1. The maximum Gasteiger partial charge on any atom is 0.216 e. The van der Waals surface area contributed by atoms with Crippen molar-refractivity contribution >= 4 is 5.91 Å². The van der Waals surface area contributed by atoms with Crippen LogP contribution in [0.2, 0.25) is 0 Å². The highest BCUT2D eigenvalue weighted by Gasteiger charge is 2.18. The summed E-state index contributed by atoms with van der Waals surface area (Å²) in [7, 11) is 0. The van der Waals surface area contributed by atoms with Gasteiger partial charge in [-0.05, 0) is 25.2 Å². The molecule has 3 N–H and O–H groups in total. The van der Waals surface area contributed by atoms with E-state index in [0.29, 0.717) is 6.04 Å². The van der Waals surface area contributed by atoms with Crippen LogP contribution in [0.5, 0.6) is 0 Å². The van der Waals surface area contributed by atoms with E-state index in [0.717, 1.165) is 18.9 Å². The molecule has 0 spiro atoms. The summed E-state index contributed by atoms with van der Waals surface area (Å²) in [5, 5.41) is 2.83. The molecular formula is C12H24N2O. The Kier molecular flexibility index (Phi) is 5.69. The van der Waals surface area contributed by atoms with Crippen molar-refractivity contribution in [2.45, 2.75) is 57.9 Å². The molecule has 3 heteroatoms. The third-order valence-electron chi connectivity index (χ3n) is 3.24. The normalized spacial score (nSPS) is 26.3. The van der Waals surface area contributed by atoms with Crippen LogP contribution in [0, 0.1) is 5.92 Å². The Hall–Kier alpha value is -0.570. The summed E-state index contributed by atoms with van der Waals surface area (Å²) in [6.45, 7) is 2.40. The summed E-state index contributed by atoms with van der Waals surface area (Å²) in [6.07, 6.45) is 8.68. The molecular weight excluding hydrogens is 188 g/mol. The maximum absolute atomic E-state index is 10.6. The topological polar surface area (TPSA) is 55.1 Å². The van der Waals surface area contributed by atoms with Crippen LogP contribution in [0.4, 0.5) is 0 Å². The second-order valence-corrected chi connectivity index (χ2v) is 4.77. The lowest BCUT2D eigenvalue weighted by molar-refractivity contribution is -0.118. The van der Waals surface area contributed by atoms with Crippen LogP contribution >= 0.6 is 0 Å². The molecule has 2 unspecified atom stereocenters. The highest BCUT2D eigenvalue weighted by atomic mass is 16.1. The molecule has 3 nitrogen and oxygen atoms in total. The van der Waals surface area contributed by atoms with E-state index in [-0.39, 0.29) is 5.91 Å². The second kappa shape index (κ2) is 6.83. The van der Waals surface area contributed by atoms with Crippen LogP contribution in [-0.2, 0) is 4.79 Å². The number of carbonyl (C=O) groups is 1. The highest BCUT2D eigenvalue weighted by molar-refractivity contribution is 5.72. The largest absolute Gasteiger partial charge is 0.356 e. The van der Waals surface area contributed by atoms with Crippen LogP contribution in [0.3, 0.4) is 0 Å². The van der Waals surface area contributed by atoms with E-state index in [9.17, 15) is 4.79 Å². The summed E-state index contributed by atoms with van der Waals surface area (Å²) in [4.78, 5) is 10.6. The zero-order chi connectivity index (χ0) is 11.1. The fourth-order valence-electron chi connectivity index (χ4n) is 2.42. The van der Waals surface area contributed by atoms with Crippen molar-refractivity contribution in [2.75, 3.05) is 6.54 Å². The molecule has 88 valence electrons. The van der Waals surface area contributed by atoms with E-state index in [1.165, 1.54) is 38.5 Å². The minimum absolute atomic E-state index is 0.0784. The van der Waals surface area contributed by atoms with Crippen LogP contribution in [0.15, 0.2) is 0 Å². The highest BCUT2D eigenvalue weighted by Crippen LogP contribution is 2.27. The average Bonchev–Trinajstić information content (AvgIpc) is 2.17. The zero-order valence-corrected chi connectivity index (χ0v) is 9.80. The molecule has 1 amide bonds. The van der Waals surface area contributed by atoms with Crippen LogP contribution in [-0.4, -0.2) is 18.5 Å². The van der Waals surface area contributed by atoms with Gasteiger partial charge in [-0.15, -0.1) is 0 Å². The van der Waals surface area contributed by atoms with Gasteiger partial charge in [-0.1, -0.05) is 25.7 Å². The summed E-state index contributed by atoms with van der Waals surface area (Å²) >= 11 is 0. The fraction of sp³-hybridized carbons (Fsp3) is 0.917. The maximum atomic E-state index is 10.6. The SMILES string of the molecule is CC(=O)NCCCCC1CCCC(N)C1. The quantitative estimate of drug-likeness (QED) is 0.683. The van der Waals surface area contributed by atoms with Gasteiger partial charge in [0.05, 0.1) is 0 Å². The molecule has 0 aromatic rings. The van der Waals surface area contributed by atoms with E-state index in [4.69, 9.17) is 5.73 Å². The fourth-order valence-corrected chi connectivity index (χ4v) is 2.42. The summed E-state index contributed by atoms with van der Waals surface area (Å²) in [5.41, 5.74) is 5.94. The summed E-state index contributed by atoms with van der Waals surface area (Å²) < 4.78 is 0. The lowest BCUT2D eigenvalue weighted by atomic mass is 9.83. The van der Waals surface area contributed by atoms with E-state index >= 15 is 0 Å². The minimum Gasteiger partial charge on any atom is -0.356 e. The first-order valence-corrected chi connectivity index (χ1v) is 6.18. The Morgan fingerprint density at radius 1 is 1.40 bits per heavy atom. The second-order valence-electron chi connectivity index (χ2n) is 4.77. The van der Waals surface area contributed by atoms with E-state index in [1.807, 2.05) is 0 Å². The smallest absolute Gasteiger partial charge is 0.216 e. The molecule has 2 atom stereocenters. The Balaban J connectivity index is 1.97. The first-order valence-electron chi connectivity index (χ1n) is 6.18. The molecule has 0 aliphatic heterocycles. The number of carbonyl (C=O) groups excluding carboxylic acids is 1. The molecule has 0 saturated heterocycles. The van der Waals surface area contributed by atoms with Crippen molar-refractivity contribution in [1.82, 2.24) is 5.32 Å². The van der Waals surface area contributed by atoms with Crippen molar-refractivity contribution in [3.63, 3.8) is 0 Å². The molecule has 1 aliphatic carbocycles. The molecule has 15 heavy (non-hydrogen) atoms. The van der Waals surface area contributed by atoms with Gasteiger partial charge in [0.2, 0.25) is 5.91 Å². The van der Waals surface area contributed by atoms with Crippen molar-refractivity contribution in [1.29, 1.82) is 0 Å². The van der Waals surface area contributed by atoms with Gasteiger partial charge in [0.1, 0.15) is 0 Å². The number of nitrogens with two attached hydrogens (primary N) is 1. The molecule has 0 radical (unpaired) electrons. The van der Waals surface area contributed by atoms with Gasteiger partial charge >= 0.3 is 0 Å². The molecule has 0 aromatic carbocycles. The first-order chi connectivity index (χ1) is 7.18. The van der Waals surface area contributed by atoms with Crippen molar-refractivity contribution in [2.24, 2.45) is 11.7 Å². The molecule has 1 saturated carbocycles. The van der Waals surface area contributed by atoms with E-state index in [2.05, 4.69) is 5.32 Å². The van der Waals surface area contributed by atoms with Gasteiger partial charge in [-0.2, -0.15) is 0 Å². The van der Waals surface area contributed by atoms with Gasteiger partial charge in [-0.25, -0.2) is 0 Å². The minimum atomic E-state index is 0.0784. The van der Waals surface area contributed by atoms with Gasteiger partial charge in [0.25, 0.3) is 0 Å². The lowest BCUT2D eigenvalue weighted by Gasteiger charge is -2.26. The van der Waals surface area contributed by atoms with Crippen molar-refractivity contribution in [3.05, 3.63) is 0 Å². The monoisotopic (exact) mass is 212 g/mol. The molecule has 1 aliphatic rings. The van der Waals surface area contributed by atoms with Gasteiger partial charge < -0.3 is 11.1 Å².